The molecule has 284 valence electrons. The Bertz CT molecular complexity index is 3210. The van der Waals surface area contributed by atoms with Gasteiger partial charge in [-0.05, 0) is 81.4 Å². The van der Waals surface area contributed by atoms with Crippen molar-refractivity contribution < 1.29 is 4.74 Å². The van der Waals surface area contributed by atoms with Gasteiger partial charge >= 0.3 is 0 Å². The molecular weight excluding hydrogens is 731 g/mol. The fourth-order valence-electron chi connectivity index (χ4n) is 8.75. The van der Waals surface area contributed by atoms with Crippen molar-refractivity contribution in [2.75, 3.05) is 7.11 Å². The molecule has 0 fully saturated rings. The maximum Gasteiger partial charge on any atom is 0.150 e. The molecule has 0 bridgehead atoms. The van der Waals surface area contributed by atoms with E-state index in [-0.39, 0.29) is 0 Å². The number of aromatic nitrogens is 3. The number of para-hydroxylation sites is 3. The van der Waals surface area contributed by atoms with E-state index in [0.717, 1.165) is 72.8 Å². The van der Waals surface area contributed by atoms with Crippen molar-refractivity contribution in [2.45, 2.75) is 0 Å². The maximum atomic E-state index is 6.39. The summed E-state index contributed by atoms with van der Waals surface area (Å²) in [7, 11) is 1.78. The number of methoxy groups -OCH3 is 1. The zero-order valence-corrected chi connectivity index (χ0v) is 33.0. The van der Waals surface area contributed by atoms with Crippen LogP contribution in [0.3, 0.4) is 0 Å². The molecule has 0 aliphatic carbocycles. The fourth-order valence-corrected chi connectivity index (χ4v) is 8.75. The molecule has 11 rings (SSSR count). The van der Waals surface area contributed by atoms with Crippen molar-refractivity contribution in [3.8, 4) is 73.0 Å². The van der Waals surface area contributed by atoms with Gasteiger partial charge in [0, 0.05) is 27.6 Å². The van der Waals surface area contributed by atoms with Crippen LogP contribution in [0.25, 0.3) is 100 Å². The second-order valence-electron chi connectivity index (χ2n) is 15.1. The van der Waals surface area contributed by atoms with Crippen molar-refractivity contribution in [3.05, 3.63) is 218 Å². The van der Waals surface area contributed by atoms with E-state index in [4.69, 9.17) is 9.72 Å². The summed E-state index contributed by atoms with van der Waals surface area (Å²) < 4.78 is 11.0. The van der Waals surface area contributed by atoms with E-state index in [9.17, 15) is 0 Å². The summed E-state index contributed by atoms with van der Waals surface area (Å²) in [6.45, 7) is 0. The Balaban J connectivity index is 0.993. The quantitative estimate of drug-likeness (QED) is 0.154. The monoisotopic (exact) mass is 769 g/mol. The Morgan fingerprint density at radius 2 is 0.850 bits per heavy atom. The summed E-state index contributed by atoms with van der Waals surface area (Å²) in [6.07, 6.45) is 0. The van der Waals surface area contributed by atoms with E-state index < -0.39 is 0 Å². The highest BCUT2D eigenvalue weighted by Crippen LogP contribution is 2.42. The normalized spacial score (nSPS) is 11.4. The number of hydrogen-bond donors (Lipinski definition) is 0. The van der Waals surface area contributed by atoms with Crippen LogP contribution in [-0.2, 0) is 0 Å². The molecule has 0 radical (unpaired) electrons. The Kier molecular flexibility index (Phi) is 8.67. The first kappa shape index (κ1) is 35.2. The molecule has 2 aromatic heterocycles. The summed E-state index contributed by atoms with van der Waals surface area (Å²) >= 11 is 0. The molecule has 0 saturated heterocycles. The van der Waals surface area contributed by atoms with E-state index in [2.05, 4.69) is 215 Å². The van der Waals surface area contributed by atoms with Crippen LogP contribution >= 0.6 is 0 Å². The first-order chi connectivity index (χ1) is 29.7. The predicted octanol–water partition coefficient (Wildman–Crippen LogP) is 14.5. The van der Waals surface area contributed by atoms with Crippen LogP contribution in [0.4, 0.5) is 0 Å². The number of rotatable bonds is 8. The number of imidazole rings is 1. The van der Waals surface area contributed by atoms with Crippen LogP contribution in [0.1, 0.15) is 0 Å². The molecule has 0 amide bonds. The molecule has 0 unspecified atom stereocenters. The SMILES string of the molecule is COc1c(-c2ccc(-c3ccc(-n4c(-c5ccccc5)nc5ccccc54)cc3)cc2)cccc1-n1c2cc(-c3ccccc3)ccc2c2ccc(-c3ccccc3)cc21. The standard InChI is InChI=1S/C56H39N3O/c1-60-55-47(42-26-24-40(25-27-42)41-28-32-46(33-29-41)58-51-22-12-11-21-50(51)57-56(58)43-18-9-4-10-19-43)20-13-23-52(55)59-53-36-44(38-14-5-2-6-15-38)30-34-48(53)49-35-31-45(37-54(49)59)39-16-7-3-8-17-39/h2-37H,1H3. The smallest absolute Gasteiger partial charge is 0.150 e. The van der Waals surface area contributed by atoms with E-state index in [1.54, 1.807) is 7.11 Å². The third kappa shape index (κ3) is 6.05. The van der Waals surface area contributed by atoms with Crippen molar-refractivity contribution in [1.29, 1.82) is 0 Å². The lowest BCUT2D eigenvalue weighted by molar-refractivity contribution is 0.415. The lowest BCUT2D eigenvalue weighted by atomic mass is 9.99. The molecule has 2 heterocycles. The number of benzene rings is 9. The van der Waals surface area contributed by atoms with Gasteiger partial charge in [0.05, 0.1) is 34.9 Å². The first-order valence-corrected chi connectivity index (χ1v) is 20.3. The molecule has 4 heteroatoms. The van der Waals surface area contributed by atoms with Gasteiger partial charge in [-0.3, -0.25) is 4.57 Å². The number of nitrogens with zero attached hydrogens (tertiary/aromatic N) is 3. The van der Waals surface area contributed by atoms with Gasteiger partial charge in [0.1, 0.15) is 5.82 Å². The zero-order valence-electron chi connectivity index (χ0n) is 33.0. The van der Waals surface area contributed by atoms with E-state index in [0.29, 0.717) is 0 Å². The van der Waals surface area contributed by atoms with Gasteiger partial charge in [-0.15, -0.1) is 0 Å². The minimum Gasteiger partial charge on any atom is -0.494 e. The summed E-state index contributed by atoms with van der Waals surface area (Å²) in [5.74, 6) is 1.75. The number of hydrogen-bond acceptors (Lipinski definition) is 2. The summed E-state index contributed by atoms with van der Waals surface area (Å²) in [5, 5.41) is 2.40. The highest BCUT2D eigenvalue weighted by Gasteiger charge is 2.20. The van der Waals surface area contributed by atoms with Gasteiger partial charge in [-0.25, -0.2) is 4.98 Å². The average molecular weight is 770 g/mol. The molecule has 0 aliphatic heterocycles. The highest BCUT2D eigenvalue weighted by molar-refractivity contribution is 6.11. The third-order valence-electron chi connectivity index (χ3n) is 11.7. The summed E-state index contributed by atoms with van der Waals surface area (Å²) in [6, 6.07) is 77.6. The third-order valence-corrected chi connectivity index (χ3v) is 11.7. The van der Waals surface area contributed by atoms with E-state index in [1.165, 1.54) is 33.0 Å². The molecule has 0 aliphatic rings. The number of ether oxygens (including phenoxy) is 1. The minimum atomic E-state index is 0.824. The van der Waals surface area contributed by atoms with Crippen LogP contribution in [0.2, 0.25) is 0 Å². The average Bonchev–Trinajstić information content (AvgIpc) is 3.88. The Labute approximate surface area is 348 Å². The summed E-state index contributed by atoms with van der Waals surface area (Å²) in [5.41, 5.74) is 16.6. The molecule has 4 nitrogen and oxygen atoms in total. The topological polar surface area (TPSA) is 32.0 Å². The molecule has 11 aromatic rings. The van der Waals surface area contributed by atoms with Crippen LogP contribution in [0.5, 0.6) is 5.75 Å². The maximum absolute atomic E-state index is 6.39. The lowest BCUT2D eigenvalue weighted by Gasteiger charge is -2.17. The van der Waals surface area contributed by atoms with E-state index >= 15 is 0 Å². The predicted molar refractivity (Wildman–Crippen MR) is 249 cm³/mol. The molecule has 0 N–H and O–H groups in total. The fraction of sp³-hybridized carbons (Fsp3) is 0.0179. The molecule has 0 atom stereocenters. The van der Waals surface area contributed by atoms with Crippen LogP contribution in [0.15, 0.2) is 218 Å². The first-order valence-electron chi connectivity index (χ1n) is 20.3. The lowest BCUT2D eigenvalue weighted by Crippen LogP contribution is -2.00. The second-order valence-corrected chi connectivity index (χ2v) is 15.1. The second kappa shape index (κ2) is 14.8. The molecule has 0 spiro atoms. The van der Waals surface area contributed by atoms with Gasteiger partial charge in [0.2, 0.25) is 0 Å². The van der Waals surface area contributed by atoms with Gasteiger partial charge in [0.15, 0.2) is 5.75 Å². The zero-order chi connectivity index (χ0) is 40.0. The highest BCUT2D eigenvalue weighted by atomic mass is 16.5. The number of fused-ring (bicyclic) bond motifs is 4. The molecule has 60 heavy (non-hydrogen) atoms. The van der Waals surface area contributed by atoms with E-state index in [1.807, 2.05) is 12.1 Å². The largest absolute Gasteiger partial charge is 0.494 e. The molecule has 0 saturated carbocycles. The van der Waals surface area contributed by atoms with Gasteiger partial charge in [-0.1, -0.05) is 176 Å². The van der Waals surface area contributed by atoms with Gasteiger partial charge in [0.25, 0.3) is 0 Å². The van der Waals surface area contributed by atoms with Crippen molar-refractivity contribution >= 4 is 32.8 Å². The van der Waals surface area contributed by atoms with Crippen LogP contribution in [-0.4, -0.2) is 21.2 Å². The van der Waals surface area contributed by atoms with Crippen molar-refractivity contribution in [2.24, 2.45) is 0 Å². The Morgan fingerprint density at radius 1 is 0.367 bits per heavy atom. The van der Waals surface area contributed by atoms with Crippen molar-refractivity contribution in [3.63, 3.8) is 0 Å². The van der Waals surface area contributed by atoms with Crippen molar-refractivity contribution in [1.82, 2.24) is 14.1 Å². The Hall–Kier alpha value is -7.95. The summed E-state index contributed by atoms with van der Waals surface area (Å²) in [4.78, 5) is 5.03. The van der Waals surface area contributed by atoms with Gasteiger partial charge < -0.3 is 9.30 Å². The van der Waals surface area contributed by atoms with Gasteiger partial charge in [-0.2, -0.15) is 0 Å². The molecular formula is C56H39N3O. The minimum absolute atomic E-state index is 0.824. The van der Waals surface area contributed by atoms with Crippen LogP contribution < -0.4 is 4.74 Å². The Morgan fingerprint density at radius 3 is 1.43 bits per heavy atom. The molecule has 9 aromatic carbocycles. The van der Waals surface area contributed by atoms with Crippen LogP contribution in [0, 0.1) is 0 Å².